The Morgan fingerprint density at radius 3 is 1.95 bits per heavy atom. The Bertz CT molecular complexity index is 1320. The predicted octanol–water partition coefficient (Wildman–Crippen LogP) is 6.73. The van der Waals surface area contributed by atoms with Crippen LogP contribution in [0.15, 0.2) is 66.7 Å². The minimum Gasteiger partial charge on any atom is -0.475 e. The zero-order chi connectivity index (χ0) is 29.3. The smallest absolute Gasteiger partial charge is 0.475 e. The molecule has 1 amide bonds. The molecular weight excluding hydrogens is 573 g/mol. The number of aliphatic carboxylic acids is 1. The van der Waals surface area contributed by atoms with E-state index in [1.165, 1.54) is 6.07 Å². The fourth-order valence-electron chi connectivity index (χ4n) is 4.08. The predicted molar refractivity (Wildman–Crippen MR) is 146 cm³/mol. The van der Waals surface area contributed by atoms with Gasteiger partial charge in [0.1, 0.15) is 5.82 Å². The third-order valence-corrected chi connectivity index (χ3v) is 6.73. The van der Waals surface area contributed by atoms with Gasteiger partial charge >= 0.3 is 12.1 Å². The number of halogens is 6. The Hall–Kier alpha value is -3.18. The van der Waals surface area contributed by atoms with Gasteiger partial charge in [0.25, 0.3) is 5.91 Å². The zero-order valence-electron chi connectivity index (χ0n) is 21.2. The molecule has 4 rings (SSSR count). The van der Waals surface area contributed by atoms with Gasteiger partial charge in [0, 0.05) is 37.4 Å². The number of carbonyl (C=O) groups excluding carboxylic acids is 1. The van der Waals surface area contributed by atoms with Gasteiger partial charge < -0.3 is 10.4 Å². The van der Waals surface area contributed by atoms with Gasteiger partial charge in [0.15, 0.2) is 0 Å². The Labute approximate surface area is 239 Å². The van der Waals surface area contributed by atoms with Crippen molar-refractivity contribution in [1.82, 2.24) is 9.80 Å². The van der Waals surface area contributed by atoms with Gasteiger partial charge in [0.05, 0.1) is 10.0 Å². The van der Waals surface area contributed by atoms with Crippen molar-refractivity contribution >= 4 is 40.8 Å². The molecule has 0 spiro atoms. The van der Waals surface area contributed by atoms with Crippen molar-refractivity contribution in [2.45, 2.75) is 25.7 Å². The molecule has 1 aliphatic heterocycles. The molecule has 2 N–H and O–H groups in total. The molecular formula is C28H27Cl2F4N3O3. The van der Waals surface area contributed by atoms with Gasteiger partial charge in [0.2, 0.25) is 0 Å². The number of alkyl halides is 3. The average Bonchev–Trinajstić information content (AvgIpc) is 3.10. The molecule has 12 heteroatoms. The van der Waals surface area contributed by atoms with Crippen molar-refractivity contribution in [2.75, 3.05) is 31.5 Å². The minimum absolute atomic E-state index is 0.185. The first-order chi connectivity index (χ1) is 18.9. The van der Waals surface area contributed by atoms with E-state index >= 15 is 0 Å². The van der Waals surface area contributed by atoms with Crippen LogP contribution < -0.4 is 5.32 Å². The van der Waals surface area contributed by atoms with Crippen LogP contribution in [0.3, 0.4) is 0 Å². The number of rotatable bonds is 6. The van der Waals surface area contributed by atoms with Crippen LogP contribution in [0, 0.1) is 5.82 Å². The molecule has 1 saturated heterocycles. The van der Waals surface area contributed by atoms with Gasteiger partial charge in [-0.2, -0.15) is 13.2 Å². The molecule has 40 heavy (non-hydrogen) atoms. The Morgan fingerprint density at radius 1 is 0.825 bits per heavy atom. The fraction of sp³-hybridized carbons (Fsp3) is 0.286. The molecule has 3 aromatic rings. The average molecular weight is 600 g/mol. The van der Waals surface area contributed by atoms with Crippen LogP contribution in [-0.2, 0) is 17.9 Å². The summed E-state index contributed by atoms with van der Waals surface area (Å²) < 4.78 is 45.2. The first kappa shape index (κ1) is 31.3. The summed E-state index contributed by atoms with van der Waals surface area (Å²) in [5.74, 6) is -3.17. The largest absolute Gasteiger partial charge is 0.490 e. The number of anilines is 1. The van der Waals surface area contributed by atoms with E-state index in [1.807, 2.05) is 24.3 Å². The number of amides is 1. The summed E-state index contributed by atoms with van der Waals surface area (Å²) >= 11 is 12.0. The lowest BCUT2D eigenvalue weighted by molar-refractivity contribution is -0.192. The second-order valence-electron chi connectivity index (χ2n) is 9.12. The van der Waals surface area contributed by atoms with Crippen molar-refractivity contribution in [2.24, 2.45) is 0 Å². The van der Waals surface area contributed by atoms with E-state index in [0.29, 0.717) is 15.6 Å². The van der Waals surface area contributed by atoms with Crippen LogP contribution in [0.4, 0.5) is 23.2 Å². The second-order valence-corrected chi connectivity index (χ2v) is 9.94. The monoisotopic (exact) mass is 599 g/mol. The van der Waals surface area contributed by atoms with Crippen LogP contribution in [0.25, 0.3) is 0 Å². The van der Waals surface area contributed by atoms with Crippen LogP contribution in [0.1, 0.15) is 27.9 Å². The maximum absolute atomic E-state index is 13.5. The number of carboxylic acids is 1. The lowest BCUT2D eigenvalue weighted by Gasteiger charge is -2.22. The van der Waals surface area contributed by atoms with Crippen molar-refractivity contribution < 1.29 is 32.3 Å². The van der Waals surface area contributed by atoms with Crippen LogP contribution in [-0.4, -0.2) is 59.1 Å². The van der Waals surface area contributed by atoms with E-state index in [-0.39, 0.29) is 11.7 Å². The highest BCUT2D eigenvalue weighted by atomic mass is 35.5. The van der Waals surface area contributed by atoms with E-state index in [2.05, 4.69) is 21.2 Å². The van der Waals surface area contributed by atoms with Crippen molar-refractivity contribution in [3.63, 3.8) is 0 Å². The van der Waals surface area contributed by atoms with Gasteiger partial charge in [-0.05, 0) is 73.1 Å². The van der Waals surface area contributed by atoms with Crippen molar-refractivity contribution in [3.8, 4) is 0 Å². The number of carboxylic acid groups (broad SMARTS) is 1. The van der Waals surface area contributed by atoms with Gasteiger partial charge in [-0.25, -0.2) is 9.18 Å². The zero-order valence-corrected chi connectivity index (χ0v) is 22.7. The Balaban J connectivity index is 0.000000559. The highest BCUT2D eigenvalue weighted by molar-refractivity contribution is 6.42. The van der Waals surface area contributed by atoms with Gasteiger partial charge in [-0.1, -0.05) is 47.5 Å². The maximum Gasteiger partial charge on any atom is 0.490 e. The summed E-state index contributed by atoms with van der Waals surface area (Å²) in [4.78, 5) is 26.3. The van der Waals surface area contributed by atoms with Gasteiger partial charge in [-0.15, -0.1) is 0 Å². The van der Waals surface area contributed by atoms with Crippen LogP contribution >= 0.6 is 23.2 Å². The van der Waals surface area contributed by atoms with Crippen LogP contribution in [0.5, 0.6) is 0 Å². The molecule has 0 unspecified atom stereocenters. The number of nitrogens with one attached hydrogen (secondary N) is 1. The number of carbonyl (C=O) groups is 2. The van der Waals surface area contributed by atoms with Crippen molar-refractivity contribution in [1.29, 1.82) is 0 Å². The topological polar surface area (TPSA) is 72.9 Å². The van der Waals surface area contributed by atoms with Crippen molar-refractivity contribution in [3.05, 3.63) is 99.3 Å². The lowest BCUT2D eigenvalue weighted by Crippen LogP contribution is -2.30. The molecule has 0 aliphatic carbocycles. The molecule has 0 aromatic heterocycles. The Kier molecular flexibility index (Phi) is 11.3. The molecule has 0 saturated carbocycles. The molecule has 3 aromatic carbocycles. The van der Waals surface area contributed by atoms with E-state index in [4.69, 9.17) is 33.1 Å². The molecule has 1 fully saturated rings. The molecule has 0 bridgehead atoms. The number of benzene rings is 3. The van der Waals surface area contributed by atoms with E-state index in [9.17, 15) is 22.4 Å². The molecule has 6 nitrogen and oxygen atoms in total. The summed E-state index contributed by atoms with van der Waals surface area (Å²) in [6.45, 7) is 5.44. The first-order valence-corrected chi connectivity index (χ1v) is 13.0. The number of hydrogen-bond donors (Lipinski definition) is 2. The third-order valence-electron chi connectivity index (χ3n) is 5.99. The van der Waals surface area contributed by atoms with E-state index in [1.54, 1.807) is 30.3 Å². The molecule has 0 atom stereocenters. The summed E-state index contributed by atoms with van der Waals surface area (Å²) in [6, 6.07) is 19.6. The lowest BCUT2D eigenvalue weighted by atomic mass is 10.1. The SMILES string of the molecule is O=C(Nc1cccc(CN2CCCN(Cc3cccc(F)c3)CC2)c1)c1ccc(Cl)c(Cl)c1.O=C(O)C(F)(F)F. The minimum atomic E-state index is -5.08. The Morgan fingerprint density at radius 2 is 1.40 bits per heavy atom. The normalized spacial score (nSPS) is 14.6. The number of hydrogen-bond acceptors (Lipinski definition) is 4. The number of nitrogens with zero attached hydrogens (tertiary/aromatic N) is 2. The second kappa shape index (κ2) is 14.5. The summed E-state index contributed by atoms with van der Waals surface area (Å²) in [7, 11) is 0. The molecule has 1 aliphatic rings. The van der Waals surface area contributed by atoms with E-state index in [0.717, 1.165) is 62.5 Å². The molecule has 1 heterocycles. The highest BCUT2D eigenvalue weighted by Gasteiger charge is 2.38. The van der Waals surface area contributed by atoms with E-state index < -0.39 is 12.1 Å². The molecule has 0 radical (unpaired) electrons. The highest BCUT2D eigenvalue weighted by Crippen LogP contribution is 2.23. The molecule has 214 valence electrons. The van der Waals surface area contributed by atoms with Crippen LogP contribution in [0.2, 0.25) is 10.0 Å². The van der Waals surface area contributed by atoms with Gasteiger partial charge in [-0.3, -0.25) is 14.6 Å². The first-order valence-electron chi connectivity index (χ1n) is 12.3. The summed E-state index contributed by atoms with van der Waals surface area (Å²) in [6.07, 6.45) is -4.02. The fourth-order valence-corrected chi connectivity index (χ4v) is 4.38. The maximum atomic E-state index is 13.5. The quantitative estimate of drug-likeness (QED) is 0.307. The standard InChI is InChI=1S/C26H26Cl2FN3O.C2HF3O2/c27-24-9-8-21(16-25(24)28)26(33)30-23-7-2-5-20(15-23)18-32-11-3-10-31(12-13-32)17-19-4-1-6-22(29)14-19;3-2(4,5)1(6)7/h1-2,4-9,14-16H,3,10-13,17-18H2,(H,30,33);(H,6,7). The summed E-state index contributed by atoms with van der Waals surface area (Å²) in [5.41, 5.74) is 3.35. The summed E-state index contributed by atoms with van der Waals surface area (Å²) in [5, 5.41) is 10.8. The third kappa shape index (κ3) is 10.1.